The van der Waals surface area contributed by atoms with Gasteiger partial charge in [0.1, 0.15) is 0 Å². The predicted molar refractivity (Wildman–Crippen MR) is 61.9 cm³/mol. The van der Waals surface area contributed by atoms with E-state index in [0.717, 1.165) is 32.6 Å². The topological polar surface area (TPSA) is 41.6 Å². The van der Waals surface area contributed by atoms with E-state index in [1.165, 1.54) is 0 Å². The molecule has 2 aliphatic rings. The molecular weight excluding hydrogens is 204 g/mol. The zero-order valence-electron chi connectivity index (χ0n) is 10.2. The summed E-state index contributed by atoms with van der Waals surface area (Å²) in [5.74, 6) is 1.36. The summed E-state index contributed by atoms with van der Waals surface area (Å²) in [7, 11) is 0. The van der Waals surface area contributed by atoms with Gasteiger partial charge in [-0.1, -0.05) is 13.8 Å². The van der Waals surface area contributed by atoms with Crippen LogP contribution in [0.3, 0.4) is 0 Å². The second kappa shape index (κ2) is 5.15. The fourth-order valence-corrected chi connectivity index (χ4v) is 2.58. The lowest BCUT2D eigenvalue weighted by molar-refractivity contribution is -0.129. The van der Waals surface area contributed by atoms with Gasteiger partial charge in [0, 0.05) is 19.8 Å². The largest absolute Gasteiger partial charge is 0.381 e. The van der Waals surface area contributed by atoms with Crippen LogP contribution in [0.2, 0.25) is 0 Å². The van der Waals surface area contributed by atoms with Gasteiger partial charge in [-0.2, -0.15) is 0 Å². The fourth-order valence-electron chi connectivity index (χ4n) is 2.58. The minimum absolute atomic E-state index is 0.232. The molecule has 2 aliphatic heterocycles. The first-order valence-corrected chi connectivity index (χ1v) is 6.29. The summed E-state index contributed by atoms with van der Waals surface area (Å²) in [6, 6.07) is 0. The molecule has 4 nitrogen and oxygen atoms in total. The Labute approximate surface area is 97.3 Å². The van der Waals surface area contributed by atoms with Crippen LogP contribution in [0.4, 0.5) is 0 Å². The van der Waals surface area contributed by atoms with Gasteiger partial charge in [-0.15, -0.1) is 0 Å². The van der Waals surface area contributed by atoms with Crippen molar-refractivity contribution in [2.45, 2.75) is 32.9 Å². The van der Waals surface area contributed by atoms with Gasteiger partial charge >= 0.3 is 0 Å². The number of nitrogens with one attached hydrogen (secondary N) is 1. The van der Waals surface area contributed by atoms with Crippen molar-refractivity contribution >= 4 is 5.91 Å². The normalized spacial score (nSPS) is 28.1. The van der Waals surface area contributed by atoms with Crippen LogP contribution < -0.4 is 5.32 Å². The molecule has 1 amide bonds. The second-order valence-electron chi connectivity index (χ2n) is 5.17. The second-order valence-corrected chi connectivity index (χ2v) is 5.17. The Hall–Kier alpha value is -0.610. The van der Waals surface area contributed by atoms with Crippen LogP contribution in [-0.2, 0) is 9.53 Å². The van der Waals surface area contributed by atoms with E-state index in [4.69, 9.17) is 4.74 Å². The Bertz CT molecular complexity index is 249. The van der Waals surface area contributed by atoms with Crippen LogP contribution in [-0.4, -0.2) is 43.3 Å². The summed E-state index contributed by atoms with van der Waals surface area (Å²) < 4.78 is 5.35. The van der Waals surface area contributed by atoms with E-state index >= 15 is 0 Å². The molecule has 1 N–H and O–H groups in total. The van der Waals surface area contributed by atoms with Crippen LogP contribution in [0.15, 0.2) is 0 Å². The van der Waals surface area contributed by atoms with Crippen molar-refractivity contribution < 1.29 is 9.53 Å². The highest BCUT2D eigenvalue weighted by Crippen LogP contribution is 2.21. The van der Waals surface area contributed by atoms with E-state index in [1.54, 1.807) is 0 Å². The molecule has 0 aromatic carbocycles. The van der Waals surface area contributed by atoms with E-state index in [-0.39, 0.29) is 12.1 Å². The Morgan fingerprint density at radius 2 is 2.12 bits per heavy atom. The van der Waals surface area contributed by atoms with Crippen molar-refractivity contribution in [2.75, 3.05) is 26.3 Å². The molecule has 2 rings (SSSR count). The Morgan fingerprint density at radius 3 is 2.75 bits per heavy atom. The lowest BCUT2D eigenvalue weighted by Crippen LogP contribution is -2.44. The van der Waals surface area contributed by atoms with Gasteiger partial charge in [0.15, 0.2) is 0 Å². The quantitative estimate of drug-likeness (QED) is 0.775. The van der Waals surface area contributed by atoms with Crippen molar-refractivity contribution in [3.05, 3.63) is 0 Å². The van der Waals surface area contributed by atoms with E-state index < -0.39 is 0 Å². The molecule has 0 spiro atoms. The zero-order valence-corrected chi connectivity index (χ0v) is 10.2. The number of amides is 1. The van der Waals surface area contributed by atoms with Gasteiger partial charge in [0.25, 0.3) is 0 Å². The molecule has 1 atom stereocenters. The Kier molecular flexibility index (Phi) is 3.82. The first-order chi connectivity index (χ1) is 7.68. The molecule has 2 fully saturated rings. The highest BCUT2D eigenvalue weighted by Gasteiger charge is 2.33. The highest BCUT2D eigenvalue weighted by molar-refractivity contribution is 5.80. The third-order valence-electron chi connectivity index (χ3n) is 3.55. The van der Waals surface area contributed by atoms with E-state index in [2.05, 4.69) is 19.2 Å². The number of ether oxygens (including phenoxy) is 1. The summed E-state index contributed by atoms with van der Waals surface area (Å²) in [4.78, 5) is 13.8. The Balaban J connectivity index is 1.92. The molecule has 0 aromatic rings. The van der Waals surface area contributed by atoms with Crippen LogP contribution in [0.1, 0.15) is 26.7 Å². The lowest BCUT2D eigenvalue weighted by Gasteiger charge is -2.32. The molecular formula is C12H22N2O2. The summed E-state index contributed by atoms with van der Waals surface area (Å²) >= 11 is 0. The number of hydrogen-bond donors (Lipinski definition) is 1. The van der Waals surface area contributed by atoms with Gasteiger partial charge in [-0.25, -0.2) is 0 Å². The maximum absolute atomic E-state index is 11.8. The molecule has 0 saturated carbocycles. The van der Waals surface area contributed by atoms with E-state index in [1.807, 2.05) is 4.90 Å². The SMILES string of the molecule is CC(C)C1NCC(=O)N1CC1CCOCC1. The van der Waals surface area contributed by atoms with Crippen LogP contribution in [0.25, 0.3) is 0 Å². The van der Waals surface area contributed by atoms with E-state index in [9.17, 15) is 4.79 Å². The van der Waals surface area contributed by atoms with Gasteiger partial charge in [-0.3, -0.25) is 10.1 Å². The van der Waals surface area contributed by atoms with Gasteiger partial charge in [0.05, 0.1) is 12.7 Å². The molecule has 1 unspecified atom stereocenters. The number of hydrogen-bond acceptors (Lipinski definition) is 3. The smallest absolute Gasteiger partial charge is 0.237 e. The minimum atomic E-state index is 0.232. The summed E-state index contributed by atoms with van der Waals surface area (Å²) in [6.07, 6.45) is 2.42. The average Bonchev–Trinajstić information content (AvgIpc) is 2.62. The summed E-state index contributed by atoms with van der Waals surface area (Å²) in [5.41, 5.74) is 0. The molecule has 2 saturated heterocycles. The molecule has 2 heterocycles. The van der Waals surface area contributed by atoms with Crippen molar-refractivity contribution in [1.82, 2.24) is 10.2 Å². The summed E-state index contributed by atoms with van der Waals surface area (Å²) in [5, 5.41) is 3.29. The zero-order chi connectivity index (χ0) is 11.5. The molecule has 4 heteroatoms. The summed E-state index contributed by atoms with van der Waals surface area (Å²) in [6.45, 7) is 7.43. The van der Waals surface area contributed by atoms with Crippen LogP contribution >= 0.6 is 0 Å². The maximum Gasteiger partial charge on any atom is 0.237 e. The number of carbonyl (C=O) groups is 1. The first kappa shape index (κ1) is 11.9. The lowest BCUT2D eigenvalue weighted by atomic mass is 9.99. The predicted octanol–water partition coefficient (Wildman–Crippen LogP) is 0.827. The molecule has 0 aliphatic carbocycles. The van der Waals surface area contributed by atoms with Crippen molar-refractivity contribution in [2.24, 2.45) is 11.8 Å². The van der Waals surface area contributed by atoms with Crippen LogP contribution in [0, 0.1) is 11.8 Å². The van der Waals surface area contributed by atoms with Gasteiger partial charge in [-0.05, 0) is 24.7 Å². The molecule has 0 bridgehead atoms. The highest BCUT2D eigenvalue weighted by atomic mass is 16.5. The third-order valence-corrected chi connectivity index (χ3v) is 3.55. The molecule has 16 heavy (non-hydrogen) atoms. The average molecular weight is 226 g/mol. The standard InChI is InChI=1S/C12H22N2O2/c1-9(2)12-13-7-11(15)14(12)8-10-3-5-16-6-4-10/h9-10,12-13H,3-8H2,1-2H3. The number of nitrogens with zero attached hydrogens (tertiary/aromatic N) is 1. The molecule has 0 radical (unpaired) electrons. The molecule has 92 valence electrons. The first-order valence-electron chi connectivity index (χ1n) is 6.29. The minimum Gasteiger partial charge on any atom is -0.381 e. The number of rotatable bonds is 3. The van der Waals surface area contributed by atoms with Crippen molar-refractivity contribution in [1.29, 1.82) is 0 Å². The monoisotopic (exact) mass is 226 g/mol. The van der Waals surface area contributed by atoms with Crippen molar-refractivity contribution in [3.8, 4) is 0 Å². The van der Waals surface area contributed by atoms with E-state index in [0.29, 0.717) is 18.4 Å². The van der Waals surface area contributed by atoms with Crippen LogP contribution in [0.5, 0.6) is 0 Å². The Morgan fingerprint density at radius 1 is 1.44 bits per heavy atom. The maximum atomic E-state index is 11.8. The fraction of sp³-hybridized carbons (Fsp3) is 0.917. The third kappa shape index (κ3) is 2.55. The number of carbonyl (C=O) groups excluding carboxylic acids is 1. The molecule has 0 aromatic heterocycles. The van der Waals surface area contributed by atoms with Gasteiger partial charge in [0.2, 0.25) is 5.91 Å². The van der Waals surface area contributed by atoms with Gasteiger partial charge < -0.3 is 9.64 Å². The van der Waals surface area contributed by atoms with Crippen molar-refractivity contribution in [3.63, 3.8) is 0 Å².